The molecule has 2 aliphatic heterocycles. The third-order valence-corrected chi connectivity index (χ3v) is 5.73. The number of piperazine rings is 1. The summed E-state index contributed by atoms with van der Waals surface area (Å²) in [7, 11) is 0. The topological polar surface area (TPSA) is 71.8 Å². The molecule has 0 unspecified atom stereocenters. The van der Waals surface area contributed by atoms with E-state index in [4.69, 9.17) is 4.74 Å². The Morgan fingerprint density at radius 1 is 1.17 bits per heavy atom. The van der Waals surface area contributed by atoms with Gasteiger partial charge in [0.05, 0.1) is 13.2 Å². The van der Waals surface area contributed by atoms with Crippen molar-refractivity contribution in [2.75, 3.05) is 70.5 Å². The molecule has 0 atom stereocenters. The Balaban J connectivity index is 0.00000320. The van der Waals surface area contributed by atoms with Gasteiger partial charge in [-0.15, -0.1) is 12.4 Å². The number of anilines is 1. The van der Waals surface area contributed by atoms with E-state index >= 15 is 0 Å². The Hall–Kier alpha value is -2.27. The third kappa shape index (κ3) is 6.36. The second kappa shape index (κ2) is 11.8. The van der Waals surface area contributed by atoms with Crippen LogP contribution in [-0.4, -0.2) is 81.3 Å². The first kappa shape index (κ1) is 24.0. The van der Waals surface area contributed by atoms with Crippen LogP contribution in [0.1, 0.15) is 11.1 Å². The minimum Gasteiger partial charge on any atom is -0.379 e. The number of nitrogens with zero attached hydrogens (tertiary/aromatic N) is 4. The average Bonchev–Trinajstić information content (AvgIpc) is 2.75. The molecule has 8 heteroatoms. The van der Waals surface area contributed by atoms with Crippen LogP contribution in [0.25, 0.3) is 0 Å². The van der Waals surface area contributed by atoms with Crippen LogP contribution in [0.2, 0.25) is 0 Å². The number of hydrogen-bond acceptors (Lipinski definition) is 6. The van der Waals surface area contributed by atoms with Crippen LogP contribution in [0, 0.1) is 25.2 Å². The maximum Gasteiger partial charge on any atom is 0.263 e. The zero-order chi connectivity index (χ0) is 20.6. The highest BCUT2D eigenvalue weighted by atomic mass is 35.5. The largest absolute Gasteiger partial charge is 0.379 e. The molecule has 0 spiro atoms. The number of halogens is 1. The molecule has 1 N–H and O–H groups in total. The first-order valence-electron chi connectivity index (χ1n) is 10.3. The van der Waals surface area contributed by atoms with Gasteiger partial charge in [0.2, 0.25) is 0 Å². The monoisotopic (exact) mass is 433 g/mol. The first-order chi connectivity index (χ1) is 14.1. The second-order valence-corrected chi connectivity index (χ2v) is 7.61. The zero-order valence-electron chi connectivity index (χ0n) is 17.9. The number of carbonyl (C=O) groups excluding carboxylic acids is 1. The molecule has 2 aliphatic rings. The van der Waals surface area contributed by atoms with Crippen molar-refractivity contribution in [2.45, 2.75) is 13.8 Å². The average molecular weight is 434 g/mol. The highest BCUT2D eigenvalue weighted by Crippen LogP contribution is 2.24. The van der Waals surface area contributed by atoms with Gasteiger partial charge in [-0.1, -0.05) is 12.1 Å². The van der Waals surface area contributed by atoms with Crippen LogP contribution in [0.5, 0.6) is 0 Å². The van der Waals surface area contributed by atoms with E-state index in [9.17, 15) is 10.1 Å². The van der Waals surface area contributed by atoms with Crippen molar-refractivity contribution >= 4 is 24.0 Å². The van der Waals surface area contributed by atoms with Gasteiger partial charge in [-0.3, -0.25) is 9.69 Å². The molecule has 0 saturated carbocycles. The van der Waals surface area contributed by atoms with Crippen molar-refractivity contribution < 1.29 is 9.53 Å². The summed E-state index contributed by atoms with van der Waals surface area (Å²) >= 11 is 0. The van der Waals surface area contributed by atoms with Gasteiger partial charge in [-0.2, -0.15) is 5.26 Å². The van der Waals surface area contributed by atoms with E-state index in [0.717, 1.165) is 59.0 Å². The Kier molecular flexibility index (Phi) is 9.44. The number of aryl methyl sites for hydroxylation is 1. The molecule has 1 aromatic rings. The molecular formula is C22H32ClN5O2. The third-order valence-electron chi connectivity index (χ3n) is 5.73. The maximum atomic E-state index is 12.4. The van der Waals surface area contributed by atoms with Crippen LogP contribution in [-0.2, 0) is 9.53 Å². The van der Waals surface area contributed by atoms with Crippen molar-refractivity contribution in [3.8, 4) is 6.07 Å². The summed E-state index contributed by atoms with van der Waals surface area (Å²) < 4.78 is 5.33. The van der Waals surface area contributed by atoms with Crippen LogP contribution >= 0.6 is 12.4 Å². The van der Waals surface area contributed by atoms with Gasteiger partial charge in [0, 0.05) is 64.2 Å². The number of nitrogens with one attached hydrogen (secondary N) is 1. The van der Waals surface area contributed by atoms with Crippen LogP contribution in [0.4, 0.5) is 5.69 Å². The molecule has 7 nitrogen and oxygen atoms in total. The van der Waals surface area contributed by atoms with E-state index in [2.05, 4.69) is 58.1 Å². The Morgan fingerprint density at radius 2 is 1.87 bits per heavy atom. The highest BCUT2D eigenvalue weighted by molar-refractivity contribution is 5.97. The van der Waals surface area contributed by atoms with Crippen molar-refractivity contribution in [2.24, 2.45) is 0 Å². The quantitative estimate of drug-likeness (QED) is 0.544. The van der Waals surface area contributed by atoms with Gasteiger partial charge in [0.15, 0.2) is 0 Å². The molecule has 30 heavy (non-hydrogen) atoms. The molecule has 164 valence electrons. The Bertz CT molecular complexity index is 778. The van der Waals surface area contributed by atoms with Crippen LogP contribution in [0.15, 0.2) is 30.0 Å². The summed E-state index contributed by atoms with van der Waals surface area (Å²) in [5.41, 5.74) is 4.06. The van der Waals surface area contributed by atoms with Crippen molar-refractivity contribution in [3.63, 3.8) is 0 Å². The number of ether oxygens (including phenoxy) is 1. The number of rotatable bonds is 6. The Morgan fingerprint density at radius 3 is 2.53 bits per heavy atom. The molecule has 1 amide bonds. The fraction of sp³-hybridized carbons (Fsp3) is 0.545. The standard InChI is InChI=1S/C22H31N5O2.ClH/c1-18-4-3-5-21(19(18)2)27-10-8-26(9-11-27)17-20(16-23)22(28)24-6-7-25-12-14-29-15-13-25;/h3-5,17H,6-15H2,1-2H3,(H,24,28);1H/b20-17-;. The first-order valence-corrected chi connectivity index (χ1v) is 10.3. The number of nitriles is 1. The number of carbonyl (C=O) groups is 1. The van der Waals surface area contributed by atoms with E-state index in [-0.39, 0.29) is 23.9 Å². The van der Waals surface area contributed by atoms with Gasteiger partial charge < -0.3 is 19.9 Å². The van der Waals surface area contributed by atoms with Crippen molar-refractivity contribution in [1.82, 2.24) is 15.1 Å². The smallest absolute Gasteiger partial charge is 0.263 e. The maximum absolute atomic E-state index is 12.4. The van der Waals surface area contributed by atoms with Gasteiger partial charge >= 0.3 is 0 Å². The summed E-state index contributed by atoms with van der Waals surface area (Å²) in [6, 6.07) is 8.45. The molecule has 2 fully saturated rings. The van der Waals surface area contributed by atoms with Gasteiger partial charge in [0.1, 0.15) is 11.6 Å². The predicted molar refractivity (Wildman–Crippen MR) is 121 cm³/mol. The summed E-state index contributed by atoms with van der Waals surface area (Å²) in [6.45, 7) is 12.2. The van der Waals surface area contributed by atoms with E-state index in [1.165, 1.54) is 16.8 Å². The number of benzene rings is 1. The van der Waals surface area contributed by atoms with E-state index in [1.807, 2.05) is 0 Å². The lowest BCUT2D eigenvalue weighted by atomic mass is 10.1. The molecule has 2 saturated heterocycles. The summed E-state index contributed by atoms with van der Waals surface area (Å²) in [4.78, 5) is 19.1. The molecular weight excluding hydrogens is 402 g/mol. The minimum absolute atomic E-state index is 0. The summed E-state index contributed by atoms with van der Waals surface area (Å²) in [5, 5.41) is 12.3. The number of hydrogen-bond donors (Lipinski definition) is 1. The van der Waals surface area contributed by atoms with Crippen molar-refractivity contribution in [3.05, 3.63) is 41.1 Å². The SMILES string of the molecule is Cc1cccc(N2CCN(/C=C(/C#N)C(=O)NCCN3CCOCC3)CC2)c1C.Cl. The van der Waals surface area contributed by atoms with Crippen LogP contribution in [0.3, 0.4) is 0 Å². The normalized spacial score (nSPS) is 17.8. The predicted octanol–water partition coefficient (Wildman–Crippen LogP) is 1.70. The van der Waals surface area contributed by atoms with Crippen molar-refractivity contribution in [1.29, 1.82) is 5.26 Å². The lowest BCUT2D eigenvalue weighted by Gasteiger charge is -2.36. The molecule has 0 aromatic heterocycles. The molecule has 1 aromatic carbocycles. The molecule has 0 bridgehead atoms. The molecule has 0 radical (unpaired) electrons. The summed E-state index contributed by atoms with van der Waals surface area (Å²) in [5.74, 6) is -0.294. The van der Waals surface area contributed by atoms with Gasteiger partial charge in [0.25, 0.3) is 5.91 Å². The highest BCUT2D eigenvalue weighted by Gasteiger charge is 2.19. The molecule has 0 aliphatic carbocycles. The van der Waals surface area contributed by atoms with Crippen LogP contribution < -0.4 is 10.2 Å². The van der Waals surface area contributed by atoms with Gasteiger partial charge in [-0.25, -0.2) is 0 Å². The van der Waals surface area contributed by atoms with Gasteiger partial charge in [-0.05, 0) is 31.0 Å². The molecule has 2 heterocycles. The lowest BCUT2D eigenvalue weighted by molar-refractivity contribution is -0.117. The zero-order valence-corrected chi connectivity index (χ0v) is 18.7. The fourth-order valence-electron chi connectivity index (χ4n) is 3.74. The molecule has 3 rings (SSSR count). The second-order valence-electron chi connectivity index (χ2n) is 7.61. The number of morpholine rings is 1. The van der Waals surface area contributed by atoms with E-state index < -0.39 is 0 Å². The van der Waals surface area contributed by atoms with E-state index in [1.54, 1.807) is 6.20 Å². The fourth-order valence-corrected chi connectivity index (χ4v) is 3.74. The summed E-state index contributed by atoms with van der Waals surface area (Å²) in [6.07, 6.45) is 1.71. The van der Waals surface area contributed by atoms with E-state index in [0.29, 0.717) is 6.54 Å². The minimum atomic E-state index is -0.294. The Labute approximate surface area is 185 Å². The number of amides is 1. The lowest BCUT2D eigenvalue weighted by Crippen LogP contribution is -2.45.